The third-order valence-electron chi connectivity index (χ3n) is 3.33. The highest BCUT2D eigenvalue weighted by Gasteiger charge is 2.46. The van der Waals surface area contributed by atoms with Crippen molar-refractivity contribution in [2.45, 2.75) is 37.8 Å². The van der Waals surface area contributed by atoms with E-state index in [1.54, 1.807) is 0 Å². The van der Waals surface area contributed by atoms with E-state index in [0.717, 1.165) is 6.42 Å². The maximum atomic E-state index is 11.2. The molecule has 0 radical (unpaired) electrons. The molecule has 2 N–H and O–H groups in total. The minimum atomic E-state index is -0.722. The monoisotopic (exact) mass is 199 g/mol. The van der Waals surface area contributed by atoms with Gasteiger partial charge in [-0.25, -0.2) is 0 Å². The Hall–Kier alpha value is -0.610. The van der Waals surface area contributed by atoms with Crippen molar-refractivity contribution in [1.29, 1.82) is 0 Å². The minimum Gasteiger partial charge on any atom is -0.480 e. The Morgan fingerprint density at radius 3 is 2.50 bits per heavy atom. The van der Waals surface area contributed by atoms with Gasteiger partial charge in [-0.1, -0.05) is 6.92 Å². The first-order valence-electron chi connectivity index (χ1n) is 5.23. The molecule has 2 unspecified atom stereocenters. The summed E-state index contributed by atoms with van der Waals surface area (Å²) in [6, 6.07) is 0.407. The molecule has 1 saturated carbocycles. The predicted octanol–water partition coefficient (Wildman–Crippen LogP) is 0.618. The number of nitrogens with one attached hydrogen (secondary N) is 1. The topological polar surface area (TPSA) is 58.6 Å². The summed E-state index contributed by atoms with van der Waals surface area (Å²) in [5.41, 5.74) is -0.715. The summed E-state index contributed by atoms with van der Waals surface area (Å²) in [4.78, 5) is 11.2. The molecule has 0 spiro atoms. The van der Waals surface area contributed by atoms with Gasteiger partial charge in [0.05, 0.1) is 0 Å². The fraction of sp³-hybridized carbons (Fsp3) is 0.900. The molecule has 0 aromatic rings. The van der Waals surface area contributed by atoms with E-state index in [-0.39, 0.29) is 0 Å². The van der Waals surface area contributed by atoms with Gasteiger partial charge in [0, 0.05) is 19.3 Å². The lowest BCUT2D eigenvalue weighted by molar-refractivity contribution is -0.149. The lowest BCUT2D eigenvalue weighted by Crippen LogP contribution is -2.56. The Kier molecular flexibility index (Phi) is 2.49. The molecule has 0 aromatic carbocycles. The van der Waals surface area contributed by atoms with Gasteiger partial charge in [0.15, 0.2) is 0 Å². The smallest absolute Gasteiger partial charge is 0.324 e. The third-order valence-corrected chi connectivity index (χ3v) is 3.33. The number of carbonyl (C=O) groups is 1. The summed E-state index contributed by atoms with van der Waals surface area (Å²) in [5, 5.41) is 12.5. The fourth-order valence-corrected chi connectivity index (χ4v) is 2.02. The molecule has 2 fully saturated rings. The number of rotatable bonds is 3. The lowest BCUT2D eigenvalue weighted by atomic mass is 9.90. The molecule has 4 heteroatoms. The SMILES string of the molecule is CC1CC1NC1(C(=O)O)CCOCC1. The second-order valence-electron chi connectivity index (χ2n) is 4.46. The van der Waals surface area contributed by atoms with Crippen molar-refractivity contribution in [3.05, 3.63) is 0 Å². The third kappa shape index (κ3) is 1.77. The van der Waals surface area contributed by atoms with Crippen molar-refractivity contribution in [1.82, 2.24) is 5.32 Å². The van der Waals surface area contributed by atoms with Crippen LogP contribution in [0, 0.1) is 5.92 Å². The molecular weight excluding hydrogens is 182 g/mol. The number of ether oxygens (including phenoxy) is 1. The van der Waals surface area contributed by atoms with Crippen LogP contribution in [-0.4, -0.2) is 35.9 Å². The molecule has 2 atom stereocenters. The number of aliphatic carboxylic acids is 1. The summed E-state index contributed by atoms with van der Waals surface area (Å²) in [5.74, 6) is -0.0889. The molecule has 2 rings (SSSR count). The number of hydrogen-bond acceptors (Lipinski definition) is 3. The van der Waals surface area contributed by atoms with Gasteiger partial charge in [0.25, 0.3) is 0 Å². The maximum absolute atomic E-state index is 11.2. The Morgan fingerprint density at radius 2 is 2.07 bits per heavy atom. The highest BCUT2D eigenvalue weighted by molar-refractivity contribution is 5.79. The van der Waals surface area contributed by atoms with Gasteiger partial charge in [0.1, 0.15) is 5.54 Å². The largest absolute Gasteiger partial charge is 0.480 e. The lowest BCUT2D eigenvalue weighted by Gasteiger charge is -2.34. The summed E-state index contributed by atoms with van der Waals surface area (Å²) < 4.78 is 5.20. The molecular formula is C10H17NO3. The second-order valence-corrected chi connectivity index (χ2v) is 4.46. The molecule has 0 amide bonds. The molecule has 1 saturated heterocycles. The van der Waals surface area contributed by atoms with Crippen LogP contribution in [-0.2, 0) is 9.53 Å². The van der Waals surface area contributed by atoms with E-state index in [0.29, 0.717) is 38.0 Å². The maximum Gasteiger partial charge on any atom is 0.324 e. The van der Waals surface area contributed by atoms with Crippen molar-refractivity contribution >= 4 is 5.97 Å². The molecule has 0 bridgehead atoms. The van der Waals surface area contributed by atoms with Gasteiger partial charge in [-0.2, -0.15) is 0 Å². The van der Waals surface area contributed by atoms with Gasteiger partial charge in [-0.15, -0.1) is 0 Å². The van der Waals surface area contributed by atoms with Crippen LogP contribution >= 0.6 is 0 Å². The Labute approximate surface area is 83.6 Å². The van der Waals surface area contributed by atoms with E-state index in [2.05, 4.69) is 12.2 Å². The van der Waals surface area contributed by atoms with Crippen molar-refractivity contribution in [2.75, 3.05) is 13.2 Å². The van der Waals surface area contributed by atoms with Crippen LogP contribution in [0.2, 0.25) is 0 Å². The molecule has 1 heterocycles. The highest BCUT2D eigenvalue weighted by atomic mass is 16.5. The minimum absolute atomic E-state index is 0.407. The Balaban J connectivity index is 2.01. The van der Waals surface area contributed by atoms with Gasteiger partial charge in [-0.05, 0) is 25.2 Å². The first-order chi connectivity index (χ1) is 6.64. The van der Waals surface area contributed by atoms with Crippen LogP contribution in [0.4, 0.5) is 0 Å². The van der Waals surface area contributed by atoms with Crippen LogP contribution in [0.25, 0.3) is 0 Å². The van der Waals surface area contributed by atoms with Crippen molar-refractivity contribution < 1.29 is 14.6 Å². The van der Waals surface area contributed by atoms with Crippen molar-refractivity contribution in [2.24, 2.45) is 5.92 Å². The average molecular weight is 199 g/mol. The van der Waals surface area contributed by atoms with Crippen LogP contribution in [0.15, 0.2) is 0 Å². The Bertz CT molecular complexity index is 236. The fourth-order valence-electron chi connectivity index (χ4n) is 2.02. The molecule has 0 aromatic heterocycles. The first kappa shape index (κ1) is 9.93. The molecule has 1 aliphatic heterocycles. The van der Waals surface area contributed by atoms with E-state index in [1.807, 2.05) is 0 Å². The van der Waals surface area contributed by atoms with E-state index >= 15 is 0 Å². The van der Waals surface area contributed by atoms with Gasteiger partial charge in [0.2, 0.25) is 0 Å². The van der Waals surface area contributed by atoms with E-state index in [4.69, 9.17) is 4.74 Å². The Morgan fingerprint density at radius 1 is 1.50 bits per heavy atom. The predicted molar refractivity (Wildman–Crippen MR) is 51.1 cm³/mol. The van der Waals surface area contributed by atoms with Crippen LogP contribution in [0.1, 0.15) is 26.2 Å². The van der Waals surface area contributed by atoms with Crippen LogP contribution < -0.4 is 5.32 Å². The van der Waals surface area contributed by atoms with Gasteiger partial charge in [-0.3, -0.25) is 10.1 Å². The summed E-state index contributed by atoms with van der Waals surface area (Å²) in [6.45, 7) is 3.26. The zero-order valence-electron chi connectivity index (χ0n) is 8.45. The van der Waals surface area contributed by atoms with Crippen molar-refractivity contribution in [3.8, 4) is 0 Å². The van der Waals surface area contributed by atoms with E-state index in [1.165, 1.54) is 0 Å². The van der Waals surface area contributed by atoms with Gasteiger partial charge >= 0.3 is 5.97 Å². The summed E-state index contributed by atoms with van der Waals surface area (Å²) in [7, 11) is 0. The normalized spacial score (nSPS) is 35.2. The standard InChI is InChI=1S/C10H17NO3/c1-7-6-8(7)11-10(9(12)13)2-4-14-5-3-10/h7-8,11H,2-6H2,1H3,(H,12,13). The highest BCUT2D eigenvalue weighted by Crippen LogP contribution is 2.33. The molecule has 2 aliphatic rings. The molecule has 14 heavy (non-hydrogen) atoms. The average Bonchev–Trinajstić information content (AvgIpc) is 2.83. The quantitative estimate of drug-likeness (QED) is 0.699. The van der Waals surface area contributed by atoms with Crippen LogP contribution in [0.5, 0.6) is 0 Å². The van der Waals surface area contributed by atoms with Crippen molar-refractivity contribution in [3.63, 3.8) is 0 Å². The second kappa shape index (κ2) is 3.51. The number of carboxylic acid groups (broad SMARTS) is 1. The summed E-state index contributed by atoms with van der Waals surface area (Å²) >= 11 is 0. The number of carboxylic acids is 1. The van der Waals surface area contributed by atoms with Gasteiger partial charge < -0.3 is 9.84 Å². The number of hydrogen-bond donors (Lipinski definition) is 2. The van der Waals surface area contributed by atoms with Crippen LogP contribution in [0.3, 0.4) is 0 Å². The van der Waals surface area contributed by atoms with E-state index < -0.39 is 11.5 Å². The first-order valence-corrected chi connectivity index (χ1v) is 5.23. The zero-order chi connectivity index (χ0) is 10.2. The molecule has 80 valence electrons. The molecule has 4 nitrogen and oxygen atoms in total. The molecule has 1 aliphatic carbocycles. The summed E-state index contributed by atoms with van der Waals surface area (Å²) in [6.07, 6.45) is 2.28. The van der Waals surface area contributed by atoms with E-state index in [9.17, 15) is 9.90 Å². The zero-order valence-corrected chi connectivity index (χ0v) is 8.45.